The van der Waals surface area contributed by atoms with Gasteiger partial charge in [0.1, 0.15) is 11.5 Å². The van der Waals surface area contributed by atoms with E-state index in [4.69, 9.17) is 5.26 Å². The maximum Gasteiger partial charge on any atom is 1.00 e. The first kappa shape index (κ1) is 35.7. The normalized spacial score (nSPS) is 12.2. The second-order valence-electron chi connectivity index (χ2n) is 11.0. The van der Waals surface area contributed by atoms with E-state index < -0.39 is 30.4 Å². The summed E-state index contributed by atoms with van der Waals surface area (Å²) in [6.07, 6.45) is -2.54. The smallest absolute Gasteiger partial charge is 0.550 e. The molecular formula is C35H35FN3NaO5. The van der Waals surface area contributed by atoms with Gasteiger partial charge in [0.05, 0.1) is 23.8 Å². The van der Waals surface area contributed by atoms with Crippen molar-refractivity contribution in [3.05, 3.63) is 107 Å². The number of carboxylic acid groups (broad SMARTS) is 1. The molecule has 45 heavy (non-hydrogen) atoms. The third-order valence-corrected chi connectivity index (χ3v) is 7.43. The molecule has 0 saturated carbocycles. The molecule has 1 heterocycles. The molecule has 0 aliphatic heterocycles. The fourth-order valence-electron chi connectivity index (χ4n) is 5.46. The number of halogens is 1. The molecule has 0 aliphatic rings. The Morgan fingerprint density at radius 1 is 0.933 bits per heavy atom. The molecule has 0 saturated heterocycles. The van der Waals surface area contributed by atoms with Crippen LogP contribution in [0.2, 0.25) is 0 Å². The summed E-state index contributed by atoms with van der Waals surface area (Å²) in [5.74, 6) is -2.14. The summed E-state index contributed by atoms with van der Waals surface area (Å²) in [7, 11) is 0. The number of hydrogen-bond acceptors (Lipinski definition) is 6. The van der Waals surface area contributed by atoms with Crippen molar-refractivity contribution < 1.29 is 58.9 Å². The number of rotatable bonds is 13. The number of carbonyl (C=O) groups excluding carboxylic acids is 2. The summed E-state index contributed by atoms with van der Waals surface area (Å²) in [5.41, 5.74) is 5.32. The van der Waals surface area contributed by atoms with Gasteiger partial charge in [-0.15, -0.1) is 0 Å². The Hall–Kier alpha value is -3.78. The first-order chi connectivity index (χ1) is 21.1. The van der Waals surface area contributed by atoms with Crippen molar-refractivity contribution in [1.29, 1.82) is 5.26 Å². The molecule has 0 bridgehead atoms. The van der Waals surface area contributed by atoms with Gasteiger partial charge in [-0.1, -0.05) is 54.6 Å². The monoisotopic (exact) mass is 619 g/mol. The van der Waals surface area contributed by atoms with E-state index in [1.807, 2.05) is 48.7 Å². The predicted octanol–water partition coefficient (Wildman–Crippen LogP) is 1.53. The molecule has 4 aromatic rings. The van der Waals surface area contributed by atoms with Gasteiger partial charge in [0, 0.05) is 41.8 Å². The van der Waals surface area contributed by atoms with Crippen molar-refractivity contribution in [3.63, 3.8) is 0 Å². The van der Waals surface area contributed by atoms with E-state index in [1.54, 1.807) is 36.4 Å². The molecule has 3 N–H and O–H groups in total. The molecule has 0 unspecified atom stereocenters. The number of nitrogens with one attached hydrogen (secondary N) is 1. The summed E-state index contributed by atoms with van der Waals surface area (Å²) in [5, 5.41) is 43.8. The van der Waals surface area contributed by atoms with Crippen LogP contribution in [-0.2, 0) is 17.8 Å². The summed E-state index contributed by atoms with van der Waals surface area (Å²) in [4.78, 5) is 25.0. The molecule has 228 valence electrons. The number of hydrogen-bond donors (Lipinski definition) is 3. The summed E-state index contributed by atoms with van der Waals surface area (Å²) in [6, 6.07) is 24.3. The Morgan fingerprint density at radius 2 is 1.56 bits per heavy atom. The van der Waals surface area contributed by atoms with E-state index in [2.05, 4.69) is 11.4 Å². The molecule has 8 nitrogen and oxygen atoms in total. The molecule has 0 spiro atoms. The molecule has 1 aromatic heterocycles. The van der Waals surface area contributed by atoms with Gasteiger partial charge in [0.25, 0.3) is 5.91 Å². The van der Waals surface area contributed by atoms with E-state index in [0.29, 0.717) is 22.4 Å². The zero-order chi connectivity index (χ0) is 31.8. The second-order valence-corrected chi connectivity index (χ2v) is 11.0. The molecule has 2 atom stereocenters. The van der Waals surface area contributed by atoms with Gasteiger partial charge in [0.15, 0.2) is 0 Å². The third-order valence-electron chi connectivity index (χ3n) is 7.43. The van der Waals surface area contributed by atoms with Crippen LogP contribution in [0.3, 0.4) is 0 Å². The van der Waals surface area contributed by atoms with Gasteiger partial charge in [-0.3, -0.25) is 4.79 Å². The van der Waals surface area contributed by atoms with Crippen LogP contribution in [0.1, 0.15) is 66.5 Å². The summed E-state index contributed by atoms with van der Waals surface area (Å²) >= 11 is 0. The number of aromatic nitrogens is 1. The topological polar surface area (TPSA) is 138 Å². The molecule has 1 amide bonds. The largest absolute Gasteiger partial charge is 1.00 e. The Balaban J connectivity index is 0.00000552. The molecule has 3 aromatic carbocycles. The minimum absolute atomic E-state index is 0. The Kier molecular flexibility index (Phi) is 13.1. The van der Waals surface area contributed by atoms with Crippen LogP contribution in [0.5, 0.6) is 0 Å². The first-order valence-corrected chi connectivity index (χ1v) is 14.5. The number of nitriles is 1. The maximum atomic E-state index is 14.1. The first-order valence-electron chi connectivity index (χ1n) is 14.5. The minimum atomic E-state index is -1.40. The van der Waals surface area contributed by atoms with E-state index >= 15 is 0 Å². The molecule has 4 rings (SSSR count). The van der Waals surface area contributed by atoms with Gasteiger partial charge in [0.2, 0.25) is 0 Å². The molecule has 0 aliphatic carbocycles. The van der Waals surface area contributed by atoms with Crippen LogP contribution >= 0.6 is 0 Å². The van der Waals surface area contributed by atoms with Crippen molar-refractivity contribution in [1.82, 2.24) is 9.88 Å². The quantitative estimate of drug-likeness (QED) is 0.194. The van der Waals surface area contributed by atoms with E-state index in [0.717, 1.165) is 22.4 Å². The van der Waals surface area contributed by atoms with Crippen molar-refractivity contribution >= 4 is 11.9 Å². The standard InChI is InChI=1S/C35H36FN3O5.Na/c1-22(2)39-30(17-16-28(40)18-29(41)19-31(42)43)32(26-12-14-27(36)15-13-26)33(25-6-4-3-5-7-25)34(39)35(44)38-21-24-10-8-23(20-37)9-11-24;/h3-15,22,28-29,40-41H,16-19,21H2,1-2H3,(H,38,44)(H,42,43);/q;+1/p-1/t28-,29-;/m1./s1. The number of aliphatic hydroxyl groups is 2. The summed E-state index contributed by atoms with van der Waals surface area (Å²) in [6.45, 7) is 4.12. The van der Waals surface area contributed by atoms with E-state index in [-0.39, 0.29) is 67.3 Å². The maximum absolute atomic E-state index is 14.1. The minimum Gasteiger partial charge on any atom is -0.550 e. The Labute approximate surface area is 284 Å². The SMILES string of the molecule is CC(C)n1c(CC[C@@H](O)C[C@@H](O)CC(=O)[O-])c(-c2ccc(F)cc2)c(-c2ccccc2)c1C(=O)NCc1ccc(C#N)cc1.[Na+]. The molecular weight excluding hydrogens is 584 g/mol. The molecule has 0 fully saturated rings. The van der Waals surface area contributed by atoms with Gasteiger partial charge < -0.3 is 30.0 Å². The van der Waals surface area contributed by atoms with Crippen LogP contribution < -0.4 is 40.0 Å². The summed E-state index contributed by atoms with van der Waals surface area (Å²) < 4.78 is 16.0. The zero-order valence-electron chi connectivity index (χ0n) is 25.7. The number of nitrogens with zero attached hydrogens (tertiary/aromatic N) is 2. The zero-order valence-corrected chi connectivity index (χ0v) is 27.7. The van der Waals surface area contributed by atoms with E-state index in [1.165, 1.54) is 12.1 Å². The number of carbonyl (C=O) groups is 2. The average Bonchev–Trinajstić information content (AvgIpc) is 3.35. The second kappa shape index (κ2) is 16.5. The number of amides is 1. The van der Waals surface area contributed by atoms with Crippen molar-refractivity contribution in [3.8, 4) is 28.3 Å². The van der Waals surface area contributed by atoms with Gasteiger partial charge in [-0.25, -0.2) is 4.39 Å². The average molecular weight is 620 g/mol. The number of aliphatic carboxylic acids is 1. The number of benzene rings is 3. The predicted molar refractivity (Wildman–Crippen MR) is 163 cm³/mol. The van der Waals surface area contributed by atoms with E-state index in [9.17, 15) is 29.3 Å². The van der Waals surface area contributed by atoms with Gasteiger partial charge in [-0.05, 0) is 74.1 Å². The fourth-order valence-corrected chi connectivity index (χ4v) is 5.46. The van der Waals surface area contributed by atoms with Crippen molar-refractivity contribution in [2.75, 3.05) is 0 Å². The number of aliphatic hydroxyl groups excluding tert-OH is 2. The van der Waals surface area contributed by atoms with Crippen LogP contribution in [0.25, 0.3) is 22.3 Å². The third kappa shape index (κ3) is 9.13. The molecule has 10 heteroatoms. The van der Waals surface area contributed by atoms with Crippen LogP contribution in [0.15, 0.2) is 78.9 Å². The van der Waals surface area contributed by atoms with Crippen LogP contribution in [0, 0.1) is 17.1 Å². The molecule has 0 radical (unpaired) electrons. The van der Waals surface area contributed by atoms with Crippen LogP contribution in [-0.4, -0.2) is 38.9 Å². The van der Waals surface area contributed by atoms with Crippen molar-refractivity contribution in [2.45, 2.75) is 64.3 Å². The van der Waals surface area contributed by atoms with Gasteiger partial charge in [-0.2, -0.15) is 5.26 Å². The van der Waals surface area contributed by atoms with Gasteiger partial charge >= 0.3 is 29.6 Å². The number of carboxylic acids is 1. The van der Waals surface area contributed by atoms with Crippen LogP contribution in [0.4, 0.5) is 4.39 Å². The Bertz CT molecular complexity index is 1630. The fraction of sp³-hybridized carbons (Fsp3) is 0.286. The Morgan fingerprint density at radius 3 is 2.13 bits per heavy atom. The van der Waals surface area contributed by atoms with Crippen molar-refractivity contribution in [2.24, 2.45) is 0 Å².